The Labute approximate surface area is 87.5 Å². The normalized spacial score (nSPS) is 26.2. The van der Waals surface area contributed by atoms with Gasteiger partial charge in [0.05, 0.1) is 12.1 Å². The standard InChI is InChI=1S/C10H14N2O3/c13-9-4-2-1-3-7(9)11-10(14)8-5-6-15-12-8/h5-7,9,13H,1-4H2,(H,11,14)/t7-,9-/m1/s1. The van der Waals surface area contributed by atoms with Gasteiger partial charge in [-0.15, -0.1) is 0 Å². The lowest BCUT2D eigenvalue weighted by atomic mass is 9.92. The lowest BCUT2D eigenvalue weighted by Crippen LogP contribution is -2.45. The van der Waals surface area contributed by atoms with Gasteiger partial charge in [0.2, 0.25) is 0 Å². The minimum Gasteiger partial charge on any atom is -0.391 e. The summed E-state index contributed by atoms with van der Waals surface area (Å²) in [4.78, 5) is 11.6. The van der Waals surface area contributed by atoms with Gasteiger partial charge in [-0.25, -0.2) is 0 Å². The summed E-state index contributed by atoms with van der Waals surface area (Å²) in [6, 6.07) is 1.35. The number of aliphatic hydroxyl groups is 1. The van der Waals surface area contributed by atoms with Gasteiger partial charge < -0.3 is 14.9 Å². The van der Waals surface area contributed by atoms with Crippen molar-refractivity contribution in [2.75, 3.05) is 0 Å². The van der Waals surface area contributed by atoms with E-state index in [1.807, 2.05) is 0 Å². The molecule has 1 aliphatic carbocycles. The van der Waals surface area contributed by atoms with Gasteiger partial charge >= 0.3 is 0 Å². The topological polar surface area (TPSA) is 75.4 Å². The highest BCUT2D eigenvalue weighted by atomic mass is 16.5. The summed E-state index contributed by atoms with van der Waals surface area (Å²) in [5, 5.41) is 16.0. The third-order valence-corrected chi connectivity index (χ3v) is 2.72. The van der Waals surface area contributed by atoms with E-state index in [4.69, 9.17) is 0 Å². The van der Waals surface area contributed by atoms with Crippen LogP contribution in [0.4, 0.5) is 0 Å². The largest absolute Gasteiger partial charge is 0.391 e. The predicted molar refractivity (Wildman–Crippen MR) is 52.2 cm³/mol. The summed E-state index contributed by atoms with van der Waals surface area (Å²) >= 11 is 0. The van der Waals surface area contributed by atoms with Gasteiger partial charge in [-0.3, -0.25) is 4.79 Å². The molecule has 5 heteroatoms. The van der Waals surface area contributed by atoms with E-state index in [-0.39, 0.29) is 17.6 Å². The fraction of sp³-hybridized carbons (Fsp3) is 0.600. The molecule has 1 heterocycles. The highest BCUT2D eigenvalue weighted by Gasteiger charge is 2.25. The number of carbonyl (C=O) groups excluding carboxylic acids is 1. The molecule has 0 aromatic carbocycles. The van der Waals surface area contributed by atoms with Gasteiger partial charge in [-0.05, 0) is 12.8 Å². The van der Waals surface area contributed by atoms with Crippen molar-refractivity contribution in [3.8, 4) is 0 Å². The number of carbonyl (C=O) groups is 1. The van der Waals surface area contributed by atoms with E-state index in [0.29, 0.717) is 0 Å². The molecule has 0 saturated heterocycles. The summed E-state index contributed by atoms with van der Waals surface area (Å²) in [6.45, 7) is 0. The smallest absolute Gasteiger partial charge is 0.273 e. The minimum absolute atomic E-state index is 0.150. The molecule has 2 rings (SSSR count). The van der Waals surface area contributed by atoms with Gasteiger partial charge in [0.1, 0.15) is 6.26 Å². The second kappa shape index (κ2) is 4.44. The molecular weight excluding hydrogens is 196 g/mol. The Bertz CT molecular complexity index is 323. The zero-order chi connectivity index (χ0) is 10.7. The molecule has 1 aromatic heterocycles. The Morgan fingerprint density at radius 2 is 2.33 bits per heavy atom. The molecule has 0 bridgehead atoms. The highest BCUT2D eigenvalue weighted by molar-refractivity contribution is 5.92. The van der Waals surface area contributed by atoms with Crippen molar-refractivity contribution in [1.82, 2.24) is 10.5 Å². The summed E-state index contributed by atoms with van der Waals surface area (Å²) < 4.78 is 4.58. The van der Waals surface area contributed by atoms with E-state index in [0.717, 1.165) is 25.7 Å². The first-order valence-corrected chi connectivity index (χ1v) is 5.16. The lowest BCUT2D eigenvalue weighted by Gasteiger charge is -2.27. The van der Waals surface area contributed by atoms with Crippen LogP contribution in [0.2, 0.25) is 0 Å². The molecule has 15 heavy (non-hydrogen) atoms. The number of amides is 1. The van der Waals surface area contributed by atoms with Crippen LogP contribution in [-0.4, -0.2) is 28.3 Å². The van der Waals surface area contributed by atoms with Crippen LogP contribution in [0.5, 0.6) is 0 Å². The Morgan fingerprint density at radius 3 is 3.00 bits per heavy atom. The van der Waals surface area contributed by atoms with E-state index in [9.17, 15) is 9.90 Å². The molecule has 5 nitrogen and oxygen atoms in total. The van der Waals surface area contributed by atoms with Crippen LogP contribution in [0.3, 0.4) is 0 Å². The molecule has 0 unspecified atom stereocenters. The lowest BCUT2D eigenvalue weighted by molar-refractivity contribution is 0.0711. The third-order valence-electron chi connectivity index (χ3n) is 2.72. The van der Waals surface area contributed by atoms with Gasteiger partial charge in [0, 0.05) is 6.07 Å². The molecule has 0 aliphatic heterocycles. The average Bonchev–Trinajstić information content (AvgIpc) is 2.74. The predicted octanol–water partition coefficient (Wildman–Crippen LogP) is 0.708. The highest BCUT2D eigenvalue weighted by Crippen LogP contribution is 2.18. The first-order valence-electron chi connectivity index (χ1n) is 5.16. The van der Waals surface area contributed by atoms with Crippen LogP contribution in [0.15, 0.2) is 16.9 Å². The maximum Gasteiger partial charge on any atom is 0.273 e. The summed E-state index contributed by atoms with van der Waals surface area (Å²) in [7, 11) is 0. The van der Waals surface area contributed by atoms with E-state index in [1.165, 1.54) is 12.3 Å². The van der Waals surface area contributed by atoms with Crippen molar-refractivity contribution in [2.45, 2.75) is 37.8 Å². The molecule has 1 amide bonds. The number of rotatable bonds is 2. The number of nitrogens with zero attached hydrogens (tertiary/aromatic N) is 1. The Hall–Kier alpha value is -1.36. The summed E-state index contributed by atoms with van der Waals surface area (Å²) in [6.07, 6.45) is 4.56. The zero-order valence-electron chi connectivity index (χ0n) is 8.35. The van der Waals surface area contributed by atoms with Crippen LogP contribution in [0.1, 0.15) is 36.2 Å². The molecule has 1 aromatic rings. The Balaban J connectivity index is 1.93. The van der Waals surface area contributed by atoms with Crippen molar-refractivity contribution >= 4 is 5.91 Å². The summed E-state index contributed by atoms with van der Waals surface area (Å²) in [5.41, 5.74) is 0.257. The molecule has 0 spiro atoms. The van der Waals surface area contributed by atoms with Crippen LogP contribution in [0, 0.1) is 0 Å². The SMILES string of the molecule is O=C(N[C@@H]1CCCC[C@H]1O)c1ccon1. The van der Waals surface area contributed by atoms with E-state index in [2.05, 4.69) is 15.0 Å². The summed E-state index contributed by atoms with van der Waals surface area (Å²) in [5.74, 6) is -0.283. The van der Waals surface area contributed by atoms with Gasteiger partial charge in [0.15, 0.2) is 5.69 Å². The van der Waals surface area contributed by atoms with Gasteiger partial charge in [-0.2, -0.15) is 0 Å². The zero-order valence-corrected chi connectivity index (χ0v) is 8.35. The number of nitrogens with one attached hydrogen (secondary N) is 1. The maximum atomic E-state index is 11.6. The first kappa shape index (κ1) is 10.2. The molecule has 2 N–H and O–H groups in total. The van der Waals surface area contributed by atoms with Crippen molar-refractivity contribution in [1.29, 1.82) is 0 Å². The van der Waals surface area contributed by atoms with Crippen LogP contribution < -0.4 is 5.32 Å². The van der Waals surface area contributed by atoms with Gasteiger partial charge in [0.25, 0.3) is 5.91 Å². The van der Waals surface area contributed by atoms with Crippen molar-refractivity contribution in [3.05, 3.63) is 18.0 Å². The third kappa shape index (κ3) is 2.36. The fourth-order valence-corrected chi connectivity index (χ4v) is 1.85. The molecule has 1 aliphatic rings. The van der Waals surface area contributed by atoms with Crippen molar-refractivity contribution < 1.29 is 14.4 Å². The van der Waals surface area contributed by atoms with E-state index < -0.39 is 6.10 Å². The van der Waals surface area contributed by atoms with E-state index in [1.54, 1.807) is 0 Å². The first-order chi connectivity index (χ1) is 7.27. The van der Waals surface area contributed by atoms with Crippen molar-refractivity contribution in [2.24, 2.45) is 0 Å². The molecule has 82 valence electrons. The van der Waals surface area contributed by atoms with Gasteiger partial charge in [-0.1, -0.05) is 18.0 Å². The molecule has 1 saturated carbocycles. The number of hydrogen-bond donors (Lipinski definition) is 2. The van der Waals surface area contributed by atoms with Crippen LogP contribution >= 0.6 is 0 Å². The average molecular weight is 210 g/mol. The van der Waals surface area contributed by atoms with Crippen LogP contribution in [0.25, 0.3) is 0 Å². The Morgan fingerprint density at radius 1 is 1.53 bits per heavy atom. The second-order valence-electron chi connectivity index (χ2n) is 3.82. The number of aromatic nitrogens is 1. The van der Waals surface area contributed by atoms with Crippen LogP contribution in [-0.2, 0) is 0 Å². The Kier molecular flexibility index (Phi) is 3.01. The number of aliphatic hydroxyl groups excluding tert-OH is 1. The molecule has 2 atom stereocenters. The molecular formula is C10H14N2O3. The number of hydrogen-bond acceptors (Lipinski definition) is 4. The monoisotopic (exact) mass is 210 g/mol. The maximum absolute atomic E-state index is 11.6. The fourth-order valence-electron chi connectivity index (χ4n) is 1.85. The van der Waals surface area contributed by atoms with E-state index >= 15 is 0 Å². The molecule has 0 radical (unpaired) electrons. The second-order valence-corrected chi connectivity index (χ2v) is 3.82. The quantitative estimate of drug-likeness (QED) is 0.753. The van der Waals surface area contributed by atoms with Crippen molar-refractivity contribution in [3.63, 3.8) is 0 Å². The molecule has 1 fully saturated rings. The minimum atomic E-state index is -0.436.